The van der Waals surface area contributed by atoms with Crippen LogP contribution in [0.1, 0.15) is 36.0 Å². The fourth-order valence-corrected chi connectivity index (χ4v) is 6.43. The molecule has 1 aliphatic heterocycles. The Bertz CT molecular complexity index is 1270. The molecule has 4 rings (SSSR count). The fourth-order valence-electron chi connectivity index (χ4n) is 5.31. The van der Waals surface area contributed by atoms with Gasteiger partial charge in [0.15, 0.2) is 5.96 Å². The summed E-state index contributed by atoms with van der Waals surface area (Å²) in [4.78, 5) is 26.0. The number of guanidine groups is 1. The Balaban J connectivity index is 1.41. The lowest BCUT2D eigenvalue weighted by atomic mass is 10.0. The summed E-state index contributed by atoms with van der Waals surface area (Å²) < 4.78 is 28.9. The predicted octanol–water partition coefficient (Wildman–Crippen LogP) is 1.24. The molecule has 2 aromatic rings. The van der Waals surface area contributed by atoms with Crippen LogP contribution in [0.2, 0.25) is 0 Å². The van der Waals surface area contributed by atoms with E-state index in [1.807, 2.05) is 30.3 Å². The summed E-state index contributed by atoms with van der Waals surface area (Å²) in [6.07, 6.45) is 2.72. The number of fused-ring (bicyclic) bond motifs is 1. The van der Waals surface area contributed by atoms with E-state index in [1.54, 1.807) is 23.1 Å². The van der Waals surface area contributed by atoms with Crippen molar-refractivity contribution in [3.8, 4) is 0 Å². The van der Waals surface area contributed by atoms with Crippen LogP contribution in [0.15, 0.2) is 53.4 Å². The lowest BCUT2D eigenvalue weighted by Crippen LogP contribution is -2.42. The van der Waals surface area contributed by atoms with Crippen molar-refractivity contribution in [2.45, 2.75) is 55.5 Å². The molecule has 1 unspecified atom stereocenters. The van der Waals surface area contributed by atoms with Gasteiger partial charge in [-0.15, -0.1) is 0 Å². The normalized spacial score (nSPS) is 21.1. The predicted molar refractivity (Wildman–Crippen MR) is 139 cm³/mol. The minimum Gasteiger partial charge on any atom is -0.481 e. The topological polar surface area (TPSA) is 166 Å². The Hall–Kier alpha value is -3.44. The van der Waals surface area contributed by atoms with Gasteiger partial charge in [-0.25, -0.2) is 13.1 Å². The van der Waals surface area contributed by atoms with E-state index in [1.165, 1.54) is 0 Å². The molecule has 10 nitrogen and oxygen atoms in total. The van der Waals surface area contributed by atoms with Crippen LogP contribution in [0.25, 0.3) is 0 Å². The lowest BCUT2D eigenvalue weighted by molar-refractivity contribution is -0.142. The number of aryl methyl sites for hydroxylation is 1. The smallest absolute Gasteiger partial charge is 0.304 e. The molecule has 6 N–H and O–H groups in total. The van der Waals surface area contributed by atoms with E-state index < -0.39 is 28.0 Å². The highest BCUT2D eigenvalue weighted by molar-refractivity contribution is 7.89. The molecule has 1 saturated heterocycles. The van der Waals surface area contributed by atoms with Crippen LogP contribution >= 0.6 is 0 Å². The van der Waals surface area contributed by atoms with Crippen molar-refractivity contribution in [3.63, 3.8) is 0 Å². The number of benzene rings is 2. The van der Waals surface area contributed by atoms with Crippen LogP contribution in [-0.2, 0) is 38.9 Å². The van der Waals surface area contributed by atoms with Gasteiger partial charge in [0.05, 0.1) is 17.2 Å². The molecule has 1 heterocycles. The number of carbonyl (C=O) groups excluding carboxylic acids is 1. The molecule has 2 aromatic carbocycles. The molecular weight excluding hydrogens is 494 g/mol. The molecule has 0 bridgehead atoms. The van der Waals surface area contributed by atoms with Crippen molar-refractivity contribution in [1.29, 1.82) is 5.41 Å². The molecule has 0 spiro atoms. The maximum Gasteiger partial charge on any atom is 0.304 e. The summed E-state index contributed by atoms with van der Waals surface area (Å²) in [6, 6.07) is 14.4. The zero-order valence-corrected chi connectivity index (χ0v) is 21.3. The van der Waals surface area contributed by atoms with Crippen LogP contribution in [0.3, 0.4) is 0 Å². The molecule has 198 valence electrons. The first-order chi connectivity index (χ1) is 17.6. The second-order valence-corrected chi connectivity index (χ2v) is 11.5. The van der Waals surface area contributed by atoms with E-state index in [2.05, 4.69) is 10.0 Å². The Kier molecular flexibility index (Phi) is 8.13. The van der Waals surface area contributed by atoms with E-state index in [0.29, 0.717) is 32.2 Å². The number of likely N-dealkylation sites (tertiary alicyclic amines) is 1. The van der Waals surface area contributed by atoms with Crippen molar-refractivity contribution in [1.82, 2.24) is 14.9 Å². The summed E-state index contributed by atoms with van der Waals surface area (Å²) >= 11 is 0. The van der Waals surface area contributed by atoms with Crippen molar-refractivity contribution in [3.05, 3.63) is 65.2 Å². The van der Waals surface area contributed by atoms with Gasteiger partial charge in [0.2, 0.25) is 15.9 Å². The third-order valence-corrected chi connectivity index (χ3v) is 8.47. The molecule has 37 heavy (non-hydrogen) atoms. The molecule has 2 aliphatic rings. The number of hydrogen-bond acceptors (Lipinski definition) is 5. The van der Waals surface area contributed by atoms with Crippen molar-refractivity contribution < 1.29 is 23.1 Å². The number of carboxylic acids is 1. The number of nitrogens with zero attached hydrogens (tertiary/aromatic N) is 1. The van der Waals surface area contributed by atoms with Crippen LogP contribution in [0.5, 0.6) is 0 Å². The molecule has 3 atom stereocenters. The number of carbonyl (C=O) groups is 2. The molecule has 11 heteroatoms. The molecule has 0 saturated carbocycles. The van der Waals surface area contributed by atoms with Gasteiger partial charge in [0, 0.05) is 25.2 Å². The lowest BCUT2D eigenvalue weighted by Gasteiger charge is -2.25. The number of carboxylic acid groups (broad SMARTS) is 1. The SMILES string of the molecule is N=C(N)NC1Cc2ccc(S(=O)(=O)NC[C@@H]3C[C@@H](CC(=O)O)C(=O)N3CCCc3ccccc3)cc2C1. The van der Waals surface area contributed by atoms with E-state index >= 15 is 0 Å². The van der Waals surface area contributed by atoms with Gasteiger partial charge in [0.1, 0.15) is 0 Å². The average Bonchev–Trinajstić information content (AvgIpc) is 3.37. The molecule has 1 amide bonds. The number of rotatable bonds is 11. The first-order valence-corrected chi connectivity index (χ1v) is 13.9. The summed E-state index contributed by atoms with van der Waals surface area (Å²) in [5.74, 6) is -2.05. The zero-order chi connectivity index (χ0) is 26.6. The molecule has 1 fully saturated rings. The van der Waals surface area contributed by atoms with E-state index in [4.69, 9.17) is 11.1 Å². The second kappa shape index (κ2) is 11.3. The van der Waals surface area contributed by atoms with Crippen molar-refractivity contribution in [2.24, 2.45) is 11.7 Å². The summed E-state index contributed by atoms with van der Waals surface area (Å²) in [5.41, 5.74) is 8.48. The highest BCUT2D eigenvalue weighted by Gasteiger charge is 2.40. The van der Waals surface area contributed by atoms with Gasteiger partial charge in [-0.2, -0.15) is 0 Å². The largest absolute Gasteiger partial charge is 0.481 e. The van der Waals surface area contributed by atoms with Crippen LogP contribution in [-0.4, -0.2) is 61.4 Å². The number of nitrogens with two attached hydrogens (primary N) is 1. The average molecular weight is 528 g/mol. The van der Waals surface area contributed by atoms with E-state index in [9.17, 15) is 23.1 Å². The Morgan fingerprint density at radius 1 is 1.14 bits per heavy atom. The quantitative estimate of drug-likeness (QED) is 0.217. The minimum absolute atomic E-state index is 0.0150. The number of nitrogens with one attached hydrogen (secondary N) is 3. The van der Waals surface area contributed by atoms with Gasteiger partial charge < -0.3 is 21.1 Å². The standard InChI is InChI=1S/C26H33N5O5S/c27-26(28)30-21-11-18-8-9-23(14-19(18)12-21)37(35,36)29-16-22-13-20(15-24(32)33)25(34)31(22)10-4-7-17-5-2-1-3-6-17/h1-3,5-6,8-9,14,20-22,29H,4,7,10-13,15-16H2,(H,32,33)(H4,27,28,30)/t20-,21?,22-/m0/s1. The minimum atomic E-state index is -3.85. The van der Waals surface area contributed by atoms with Crippen LogP contribution < -0.4 is 15.8 Å². The van der Waals surface area contributed by atoms with Gasteiger partial charge in [-0.1, -0.05) is 36.4 Å². The Morgan fingerprint density at radius 2 is 1.86 bits per heavy atom. The van der Waals surface area contributed by atoms with Gasteiger partial charge >= 0.3 is 5.97 Å². The number of sulfonamides is 1. The third kappa shape index (κ3) is 6.66. The van der Waals surface area contributed by atoms with Gasteiger partial charge in [-0.05, 0) is 60.9 Å². The van der Waals surface area contributed by atoms with Gasteiger partial charge in [-0.3, -0.25) is 15.0 Å². The zero-order valence-electron chi connectivity index (χ0n) is 20.5. The molecular formula is C26H33N5O5S. The van der Waals surface area contributed by atoms with Crippen LogP contribution in [0.4, 0.5) is 0 Å². The monoisotopic (exact) mass is 527 g/mol. The highest BCUT2D eigenvalue weighted by Crippen LogP contribution is 2.29. The summed E-state index contributed by atoms with van der Waals surface area (Å²) in [6.45, 7) is 0.445. The molecule has 0 radical (unpaired) electrons. The van der Waals surface area contributed by atoms with E-state index in [0.717, 1.165) is 23.1 Å². The highest BCUT2D eigenvalue weighted by atomic mass is 32.2. The number of hydrogen-bond donors (Lipinski definition) is 5. The number of amides is 1. The summed E-state index contributed by atoms with van der Waals surface area (Å²) in [5, 5.41) is 19.5. The fraction of sp³-hybridized carbons (Fsp3) is 0.423. The first-order valence-electron chi connectivity index (χ1n) is 12.4. The number of aliphatic carboxylic acids is 1. The second-order valence-electron chi connectivity index (χ2n) is 9.75. The maximum absolute atomic E-state index is 13.1. The van der Waals surface area contributed by atoms with Gasteiger partial charge in [0.25, 0.3) is 0 Å². The molecule has 1 aliphatic carbocycles. The maximum atomic E-state index is 13.1. The third-order valence-electron chi connectivity index (χ3n) is 7.05. The Labute approximate surface area is 216 Å². The van der Waals surface area contributed by atoms with Crippen LogP contribution in [0, 0.1) is 11.3 Å². The first kappa shape index (κ1) is 26.6. The van der Waals surface area contributed by atoms with Crippen molar-refractivity contribution in [2.75, 3.05) is 13.1 Å². The van der Waals surface area contributed by atoms with E-state index in [-0.39, 0.29) is 35.8 Å². The molecule has 0 aromatic heterocycles. The summed E-state index contributed by atoms with van der Waals surface area (Å²) in [7, 11) is -3.85. The Morgan fingerprint density at radius 3 is 2.57 bits per heavy atom. The van der Waals surface area contributed by atoms with Crippen molar-refractivity contribution >= 4 is 27.9 Å².